The first-order chi connectivity index (χ1) is 13.8. The summed E-state index contributed by atoms with van der Waals surface area (Å²) in [5, 5.41) is 6.83. The fourth-order valence-corrected chi connectivity index (χ4v) is 4.65. The standard InChI is InChI=1S/C20H24FN5O3/c1-11(2)18(28)26-9-13-7-14(24-17(27)16-15(21)5-4-6-22-16)8-20(13,10-26)19-23-12(3)25-29-19/h4-6,11,13-14H,7-10H2,1-3H3,(H,24,27)/t13-,14+,20-/m0/s1. The first-order valence-corrected chi connectivity index (χ1v) is 9.81. The quantitative estimate of drug-likeness (QED) is 0.839. The van der Waals surface area contributed by atoms with Gasteiger partial charge in [-0.25, -0.2) is 9.37 Å². The molecular formula is C20H24FN5O3. The van der Waals surface area contributed by atoms with Crippen LogP contribution in [-0.2, 0) is 10.2 Å². The molecule has 2 aliphatic rings. The molecule has 0 unspecified atom stereocenters. The Balaban J connectivity index is 1.57. The van der Waals surface area contributed by atoms with E-state index >= 15 is 0 Å². The molecule has 2 fully saturated rings. The topological polar surface area (TPSA) is 101 Å². The van der Waals surface area contributed by atoms with Crippen molar-refractivity contribution in [3.05, 3.63) is 41.6 Å². The van der Waals surface area contributed by atoms with E-state index in [-0.39, 0.29) is 29.5 Å². The first-order valence-electron chi connectivity index (χ1n) is 9.81. The molecule has 2 aromatic heterocycles. The predicted octanol–water partition coefficient (Wildman–Crippen LogP) is 1.86. The Hall–Kier alpha value is -2.84. The van der Waals surface area contributed by atoms with Gasteiger partial charge >= 0.3 is 0 Å². The van der Waals surface area contributed by atoms with Gasteiger partial charge in [0.05, 0.1) is 5.41 Å². The van der Waals surface area contributed by atoms with Gasteiger partial charge in [-0.3, -0.25) is 9.59 Å². The average molecular weight is 401 g/mol. The molecule has 4 rings (SSSR count). The fourth-order valence-electron chi connectivity index (χ4n) is 4.65. The Labute approximate surface area is 167 Å². The van der Waals surface area contributed by atoms with Crippen LogP contribution >= 0.6 is 0 Å². The number of likely N-dealkylation sites (tertiary alicyclic amines) is 1. The number of carbonyl (C=O) groups excluding carboxylic acids is 2. The van der Waals surface area contributed by atoms with Crippen molar-refractivity contribution in [1.82, 2.24) is 25.3 Å². The zero-order valence-electron chi connectivity index (χ0n) is 16.7. The molecule has 3 atom stereocenters. The number of fused-ring (bicyclic) bond motifs is 1. The third-order valence-electron chi connectivity index (χ3n) is 5.94. The lowest BCUT2D eigenvalue weighted by Crippen LogP contribution is -2.40. The lowest BCUT2D eigenvalue weighted by molar-refractivity contribution is -0.133. The maximum absolute atomic E-state index is 13.9. The summed E-state index contributed by atoms with van der Waals surface area (Å²) in [7, 11) is 0. The fraction of sp³-hybridized carbons (Fsp3) is 0.550. The first kappa shape index (κ1) is 19.5. The van der Waals surface area contributed by atoms with E-state index in [1.165, 1.54) is 18.3 Å². The minimum Gasteiger partial charge on any atom is -0.348 e. The van der Waals surface area contributed by atoms with Crippen molar-refractivity contribution < 1.29 is 18.5 Å². The number of halogens is 1. The van der Waals surface area contributed by atoms with Gasteiger partial charge in [0.2, 0.25) is 11.8 Å². The highest BCUT2D eigenvalue weighted by Crippen LogP contribution is 2.50. The van der Waals surface area contributed by atoms with Gasteiger partial charge in [0.25, 0.3) is 5.91 Å². The number of nitrogens with zero attached hydrogens (tertiary/aromatic N) is 4. The van der Waals surface area contributed by atoms with Crippen LogP contribution in [0.3, 0.4) is 0 Å². The number of hydrogen-bond acceptors (Lipinski definition) is 6. The zero-order chi connectivity index (χ0) is 20.8. The predicted molar refractivity (Wildman–Crippen MR) is 100 cm³/mol. The van der Waals surface area contributed by atoms with Crippen molar-refractivity contribution in [2.75, 3.05) is 13.1 Å². The van der Waals surface area contributed by atoms with E-state index < -0.39 is 17.1 Å². The molecule has 1 N–H and O–H groups in total. The number of amides is 2. The smallest absolute Gasteiger partial charge is 0.273 e. The second kappa shape index (κ2) is 7.20. The van der Waals surface area contributed by atoms with E-state index in [1.54, 1.807) is 6.92 Å². The Morgan fingerprint density at radius 3 is 2.86 bits per heavy atom. The largest absolute Gasteiger partial charge is 0.348 e. The summed E-state index contributed by atoms with van der Waals surface area (Å²) >= 11 is 0. The van der Waals surface area contributed by atoms with Crippen LogP contribution in [0.15, 0.2) is 22.9 Å². The molecule has 0 spiro atoms. The van der Waals surface area contributed by atoms with Crippen molar-refractivity contribution >= 4 is 11.8 Å². The molecule has 1 aliphatic carbocycles. The maximum Gasteiger partial charge on any atom is 0.273 e. The van der Waals surface area contributed by atoms with E-state index in [9.17, 15) is 14.0 Å². The number of aryl methyl sites for hydroxylation is 1. The SMILES string of the molecule is Cc1noc([C@]23C[C@H](NC(=O)c4ncccc4F)C[C@H]2CN(C(=O)C(C)C)C3)n1. The highest BCUT2D eigenvalue weighted by molar-refractivity contribution is 5.92. The number of carbonyl (C=O) groups is 2. The van der Waals surface area contributed by atoms with Crippen LogP contribution in [0.2, 0.25) is 0 Å². The van der Waals surface area contributed by atoms with Crippen LogP contribution in [0.5, 0.6) is 0 Å². The van der Waals surface area contributed by atoms with Crippen molar-refractivity contribution in [3.8, 4) is 0 Å². The number of pyridine rings is 1. The summed E-state index contributed by atoms with van der Waals surface area (Å²) in [5.74, 6) is -0.100. The molecule has 3 heterocycles. The molecule has 0 bridgehead atoms. The molecule has 2 amide bonds. The summed E-state index contributed by atoms with van der Waals surface area (Å²) in [6.07, 6.45) is 2.57. The minimum atomic E-state index is -0.654. The average Bonchev–Trinajstić information content (AvgIpc) is 3.33. The van der Waals surface area contributed by atoms with Gasteiger partial charge in [-0.2, -0.15) is 4.98 Å². The minimum absolute atomic E-state index is 0.0731. The van der Waals surface area contributed by atoms with E-state index in [1.807, 2.05) is 18.7 Å². The zero-order valence-corrected chi connectivity index (χ0v) is 16.7. The molecule has 9 heteroatoms. The van der Waals surface area contributed by atoms with Gasteiger partial charge in [0.1, 0.15) is 0 Å². The molecule has 29 heavy (non-hydrogen) atoms. The van der Waals surface area contributed by atoms with Crippen molar-refractivity contribution in [1.29, 1.82) is 0 Å². The molecule has 8 nitrogen and oxygen atoms in total. The lowest BCUT2D eigenvalue weighted by Gasteiger charge is -2.26. The normalized spacial score (nSPS) is 26.0. The summed E-state index contributed by atoms with van der Waals surface area (Å²) in [6, 6.07) is 2.46. The molecule has 1 saturated carbocycles. The third kappa shape index (κ3) is 3.38. The van der Waals surface area contributed by atoms with Gasteiger partial charge < -0.3 is 14.7 Å². The van der Waals surface area contributed by atoms with Crippen LogP contribution in [0, 0.1) is 24.6 Å². The molecule has 0 aromatic carbocycles. The highest BCUT2D eigenvalue weighted by atomic mass is 19.1. The van der Waals surface area contributed by atoms with Gasteiger partial charge in [-0.05, 0) is 37.8 Å². The summed E-state index contributed by atoms with van der Waals surface area (Å²) in [5.41, 5.74) is -0.726. The third-order valence-corrected chi connectivity index (χ3v) is 5.94. The molecule has 2 aromatic rings. The van der Waals surface area contributed by atoms with Crippen LogP contribution in [0.4, 0.5) is 4.39 Å². The second-order valence-electron chi connectivity index (χ2n) is 8.32. The Bertz CT molecular complexity index is 946. The van der Waals surface area contributed by atoms with Crippen LogP contribution < -0.4 is 5.32 Å². The van der Waals surface area contributed by atoms with E-state index in [2.05, 4.69) is 20.4 Å². The molecule has 0 radical (unpaired) electrons. The molecular weight excluding hydrogens is 377 g/mol. The van der Waals surface area contributed by atoms with Crippen LogP contribution in [-0.4, -0.2) is 51.0 Å². The summed E-state index contributed by atoms with van der Waals surface area (Å²) in [4.78, 5) is 35.2. The molecule has 1 aliphatic heterocycles. The van der Waals surface area contributed by atoms with E-state index in [0.717, 1.165) is 0 Å². The molecule has 154 valence electrons. The number of nitrogens with one attached hydrogen (secondary N) is 1. The second-order valence-corrected chi connectivity index (χ2v) is 8.32. The van der Waals surface area contributed by atoms with Crippen molar-refractivity contribution in [3.63, 3.8) is 0 Å². The van der Waals surface area contributed by atoms with Crippen molar-refractivity contribution in [2.45, 2.75) is 45.1 Å². The Morgan fingerprint density at radius 1 is 1.41 bits per heavy atom. The lowest BCUT2D eigenvalue weighted by atomic mass is 9.80. The number of rotatable bonds is 4. The van der Waals surface area contributed by atoms with Gasteiger partial charge in [-0.1, -0.05) is 19.0 Å². The van der Waals surface area contributed by atoms with Crippen LogP contribution in [0.25, 0.3) is 0 Å². The van der Waals surface area contributed by atoms with Crippen molar-refractivity contribution in [2.24, 2.45) is 11.8 Å². The Morgan fingerprint density at radius 2 is 2.21 bits per heavy atom. The summed E-state index contributed by atoms with van der Waals surface area (Å²) < 4.78 is 19.4. The van der Waals surface area contributed by atoms with E-state index in [4.69, 9.17) is 4.52 Å². The maximum atomic E-state index is 13.9. The van der Waals surface area contributed by atoms with Gasteiger partial charge in [0.15, 0.2) is 17.3 Å². The number of aromatic nitrogens is 3. The summed E-state index contributed by atoms with van der Waals surface area (Å²) in [6.45, 7) is 6.56. The monoisotopic (exact) mass is 401 g/mol. The van der Waals surface area contributed by atoms with Gasteiger partial charge in [0, 0.05) is 31.2 Å². The number of hydrogen-bond donors (Lipinski definition) is 1. The van der Waals surface area contributed by atoms with Crippen LogP contribution in [0.1, 0.15) is 48.9 Å². The Kier molecular flexibility index (Phi) is 4.84. The molecule has 1 saturated heterocycles. The van der Waals surface area contributed by atoms with E-state index in [0.29, 0.717) is 37.6 Å². The highest BCUT2D eigenvalue weighted by Gasteiger charge is 2.58. The van der Waals surface area contributed by atoms with Gasteiger partial charge in [-0.15, -0.1) is 0 Å².